The van der Waals surface area contributed by atoms with E-state index in [9.17, 15) is 9.90 Å². The number of aromatic hydroxyl groups is 1. The van der Waals surface area contributed by atoms with Crippen molar-refractivity contribution in [3.63, 3.8) is 0 Å². The molecule has 3 N–H and O–H groups in total. The summed E-state index contributed by atoms with van der Waals surface area (Å²) in [5, 5.41) is 23.2. The van der Waals surface area contributed by atoms with Crippen molar-refractivity contribution in [2.45, 2.75) is 6.54 Å². The molecule has 0 aliphatic heterocycles. The number of benzene rings is 1. The standard InChI is InChI=1S/C15H12ClNO3S/c16-11-3-4-14(19)13(7-11)15(20)17-8-12-6-10(9-21-12)2-1-5-18/h3-4,6-7,9,18-19H,5,8H2,(H,17,20). The van der Waals surface area contributed by atoms with E-state index in [0.29, 0.717) is 11.6 Å². The van der Waals surface area contributed by atoms with Crippen molar-refractivity contribution < 1.29 is 15.0 Å². The molecule has 1 aromatic heterocycles. The Labute approximate surface area is 131 Å². The Bertz CT molecular complexity index is 715. The highest BCUT2D eigenvalue weighted by Crippen LogP contribution is 2.21. The molecule has 0 unspecified atom stereocenters. The van der Waals surface area contributed by atoms with E-state index in [1.54, 1.807) is 0 Å². The lowest BCUT2D eigenvalue weighted by molar-refractivity contribution is 0.0948. The zero-order valence-electron chi connectivity index (χ0n) is 10.9. The summed E-state index contributed by atoms with van der Waals surface area (Å²) in [5.41, 5.74) is 0.934. The van der Waals surface area contributed by atoms with Crippen molar-refractivity contribution in [2.24, 2.45) is 0 Å². The Kier molecular flexibility index (Phi) is 5.23. The van der Waals surface area contributed by atoms with Crippen LogP contribution in [0.25, 0.3) is 0 Å². The first-order chi connectivity index (χ1) is 10.1. The highest BCUT2D eigenvalue weighted by Gasteiger charge is 2.11. The molecule has 0 spiro atoms. The Hall–Kier alpha value is -2.00. The first-order valence-corrected chi connectivity index (χ1v) is 7.30. The van der Waals surface area contributed by atoms with Crippen LogP contribution in [0, 0.1) is 11.8 Å². The zero-order chi connectivity index (χ0) is 15.2. The fourth-order valence-electron chi connectivity index (χ4n) is 1.63. The lowest BCUT2D eigenvalue weighted by Gasteiger charge is -2.06. The van der Waals surface area contributed by atoms with Crippen LogP contribution in [0.1, 0.15) is 20.8 Å². The van der Waals surface area contributed by atoms with Crippen molar-refractivity contribution in [2.75, 3.05) is 6.61 Å². The second-order valence-electron chi connectivity index (χ2n) is 4.11. The molecule has 6 heteroatoms. The first-order valence-electron chi connectivity index (χ1n) is 6.04. The van der Waals surface area contributed by atoms with Gasteiger partial charge in [0.2, 0.25) is 0 Å². The molecule has 0 saturated heterocycles. The Morgan fingerprint density at radius 2 is 2.19 bits per heavy atom. The predicted octanol–water partition coefficient (Wildman–Crippen LogP) is 2.38. The summed E-state index contributed by atoms with van der Waals surface area (Å²) < 4.78 is 0. The molecule has 1 amide bonds. The maximum atomic E-state index is 12.0. The molecule has 0 aliphatic rings. The van der Waals surface area contributed by atoms with Crippen molar-refractivity contribution in [3.8, 4) is 17.6 Å². The number of aliphatic hydroxyl groups excluding tert-OH is 1. The van der Waals surface area contributed by atoms with Crippen LogP contribution < -0.4 is 5.32 Å². The fourth-order valence-corrected chi connectivity index (χ4v) is 2.56. The van der Waals surface area contributed by atoms with Crippen LogP contribution in [0.2, 0.25) is 5.02 Å². The lowest BCUT2D eigenvalue weighted by atomic mass is 10.2. The van der Waals surface area contributed by atoms with Crippen LogP contribution in [-0.4, -0.2) is 22.7 Å². The van der Waals surface area contributed by atoms with Crippen LogP contribution in [-0.2, 0) is 6.54 Å². The number of carbonyl (C=O) groups is 1. The number of aliphatic hydroxyl groups is 1. The van der Waals surface area contributed by atoms with E-state index in [2.05, 4.69) is 17.2 Å². The van der Waals surface area contributed by atoms with Gasteiger partial charge >= 0.3 is 0 Å². The van der Waals surface area contributed by atoms with Gasteiger partial charge in [-0.15, -0.1) is 11.3 Å². The summed E-state index contributed by atoms with van der Waals surface area (Å²) in [6.07, 6.45) is 0. The van der Waals surface area contributed by atoms with Gasteiger partial charge in [-0.3, -0.25) is 4.79 Å². The van der Waals surface area contributed by atoms with Gasteiger partial charge in [0.15, 0.2) is 0 Å². The number of hydrogen-bond donors (Lipinski definition) is 3. The van der Waals surface area contributed by atoms with Gasteiger partial charge in [0.05, 0.1) is 12.1 Å². The maximum absolute atomic E-state index is 12.0. The summed E-state index contributed by atoms with van der Waals surface area (Å²) in [5.74, 6) is 4.84. The number of phenolic OH excluding ortho intramolecular Hbond substituents is 1. The Morgan fingerprint density at radius 1 is 1.38 bits per heavy atom. The summed E-state index contributed by atoms with van der Waals surface area (Å²) in [4.78, 5) is 12.9. The quantitative estimate of drug-likeness (QED) is 0.760. The second kappa shape index (κ2) is 7.14. The van der Waals surface area contributed by atoms with E-state index in [4.69, 9.17) is 16.7 Å². The number of hydrogen-bond acceptors (Lipinski definition) is 4. The molecule has 0 saturated carbocycles. The van der Waals surface area contributed by atoms with Gasteiger partial charge in [0.25, 0.3) is 5.91 Å². The van der Waals surface area contributed by atoms with Gasteiger partial charge in [-0.25, -0.2) is 0 Å². The first kappa shape index (κ1) is 15.4. The number of halogens is 1. The average molecular weight is 322 g/mol. The molecule has 0 atom stereocenters. The third-order valence-corrected chi connectivity index (χ3v) is 3.76. The number of carbonyl (C=O) groups excluding carboxylic acids is 1. The van der Waals surface area contributed by atoms with E-state index in [1.165, 1.54) is 29.5 Å². The summed E-state index contributed by atoms with van der Waals surface area (Å²) in [6.45, 7) is 0.145. The van der Waals surface area contributed by atoms with Crippen molar-refractivity contribution in [3.05, 3.63) is 50.7 Å². The van der Waals surface area contributed by atoms with Gasteiger partial charge in [0.1, 0.15) is 12.4 Å². The molecular formula is C15H12ClNO3S. The normalized spacial score (nSPS) is 9.81. The van der Waals surface area contributed by atoms with Gasteiger partial charge in [-0.1, -0.05) is 23.4 Å². The van der Waals surface area contributed by atoms with Gasteiger partial charge in [-0.05, 0) is 24.3 Å². The second-order valence-corrected chi connectivity index (χ2v) is 5.54. The zero-order valence-corrected chi connectivity index (χ0v) is 12.5. The minimum absolute atomic E-state index is 0.113. The average Bonchev–Trinajstić information content (AvgIpc) is 2.93. The molecular weight excluding hydrogens is 310 g/mol. The molecule has 0 bridgehead atoms. The number of rotatable bonds is 3. The predicted molar refractivity (Wildman–Crippen MR) is 82.6 cm³/mol. The third-order valence-electron chi connectivity index (χ3n) is 2.59. The topological polar surface area (TPSA) is 69.6 Å². The largest absolute Gasteiger partial charge is 0.507 e. The molecule has 108 valence electrons. The molecule has 2 rings (SSSR count). The van der Waals surface area contributed by atoms with Gasteiger partial charge in [-0.2, -0.15) is 0 Å². The van der Waals surface area contributed by atoms with Crippen LogP contribution in [0.5, 0.6) is 5.75 Å². The Morgan fingerprint density at radius 3 is 2.95 bits per heavy atom. The highest BCUT2D eigenvalue weighted by atomic mass is 35.5. The minimum Gasteiger partial charge on any atom is -0.507 e. The lowest BCUT2D eigenvalue weighted by Crippen LogP contribution is -2.22. The van der Waals surface area contributed by atoms with Crippen LogP contribution in [0.15, 0.2) is 29.6 Å². The fraction of sp³-hybridized carbons (Fsp3) is 0.133. The number of thiophene rings is 1. The van der Waals surface area contributed by atoms with E-state index >= 15 is 0 Å². The summed E-state index contributed by atoms with van der Waals surface area (Å²) in [6, 6.07) is 6.15. The number of phenols is 1. The minimum atomic E-state index is -0.397. The van der Waals surface area contributed by atoms with Gasteiger partial charge in [0, 0.05) is 20.8 Å². The molecule has 0 aliphatic carbocycles. The van der Waals surface area contributed by atoms with Crippen molar-refractivity contribution >= 4 is 28.8 Å². The molecule has 0 radical (unpaired) electrons. The van der Waals surface area contributed by atoms with E-state index in [1.807, 2.05) is 11.4 Å². The van der Waals surface area contributed by atoms with Crippen LogP contribution >= 0.6 is 22.9 Å². The molecule has 0 fully saturated rings. The van der Waals surface area contributed by atoms with Crippen LogP contribution in [0.3, 0.4) is 0 Å². The molecule has 1 heterocycles. The molecule has 21 heavy (non-hydrogen) atoms. The summed E-state index contributed by atoms with van der Waals surface area (Å²) >= 11 is 7.26. The molecule has 4 nitrogen and oxygen atoms in total. The highest BCUT2D eigenvalue weighted by molar-refractivity contribution is 7.10. The SMILES string of the molecule is O=C(NCc1cc(C#CCO)cs1)c1cc(Cl)ccc1O. The molecule has 2 aromatic rings. The maximum Gasteiger partial charge on any atom is 0.255 e. The molecule has 1 aromatic carbocycles. The van der Waals surface area contributed by atoms with Crippen LogP contribution in [0.4, 0.5) is 0 Å². The summed E-state index contributed by atoms with van der Waals surface area (Å²) in [7, 11) is 0. The van der Waals surface area contributed by atoms with Gasteiger partial charge < -0.3 is 15.5 Å². The smallest absolute Gasteiger partial charge is 0.255 e. The van der Waals surface area contributed by atoms with E-state index in [0.717, 1.165) is 10.4 Å². The monoisotopic (exact) mass is 321 g/mol. The Balaban J connectivity index is 2.01. The van der Waals surface area contributed by atoms with E-state index < -0.39 is 5.91 Å². The van der Waals surface area contributed by atoms with Crippen molar-refractivity contribution in [1.29, 1.82) is 0 Å². The van der Waals surface area contributed by atoms with Crippen molar-refractivity contribution in [1.82, 2.24) is 5.32 Å². The van der Waals surface area contributed by atoms with E-state index in [-0.39, 0.29) is 17.9 Å². The number of nitrogens with one attached hydrogen (secondary N) is 1. The number of amides is 1. The third kappa shape index (κ3) is 4.23.